The number of hydrogen-bond donors (Lipinski definition) is 1. The van der Waals surface area contributed by atoms with Gasteiger partial charge in [0.2, 0.25) is 0 Å². The average Bonchev–Trinajstić information content (AvgIpc) is 2.41. The molecule has 2 aromatic rings. The SMILES string of the molecule is Cc1ccc(NCc2cccc([N+](=O)[O-])c2Br)cc1Cl. The summed E-state index contributed by atoms with van der Waals surface area (Å²) < 4.78 is 0.496. The maximum absolute atomic E-state index is 10.9. The lowest BCUT2D eigenvalue weighted by Crippen LogP contribution is -2.02. The Hall–Kier alpha value is -1.59. The number of anilines is 1. The van der Waals surface area contributed by atoms with E-state index in [2.05, 4.69) is 21.2 Å². The molecule has 2 aromatic carbocycles. The van der Waals surface area contributed by atoms with Gasteiger partial charge >= 0.3 is 0 Å². The van der Waals surface area contributed by atoms with Crippen LogP contribution in [0.1, 0.15) is 11.1 Å². The summed E-state index contributed by atoms with van der Waals surface area (Å²) in [6, 6.07) is 10.7. The van der Waals surface area contributed by atoms with E-state index in [-0.39, 0.29) is 5.69 Å². The lowest BCUT2D eigenvalue weighted by molar-refractivity contribution is -0.385. The molecule has 4 nitrogen and oxygen atoms in total. The van der Waals surface area contributed by atoms with Gasteiger partial charge in [-0.15, -0.1) is 0 Å². The second-order valence-corrected chi connectivity index (χ2v) is 5.53. The van der Waals surface area contributed by atoms with Crippen molar-refractivity contribution >= 4 is 38.9 Å². The molecule has 1 N–H and O–H groups in total. The summed E-state index contributed by atoms with van der Waals surface area (Å²) >= 11 is 9.33. The van der Waals surface area contributed by atoms with Crippen LogP contribution in [0.15, 0.2) is 40.9 Å². The lowest BCUT2D eigenvalue weighted by Gasteiger charge is -2.09. The molecule has 0 spiro atoms. The van der Waals surface area contributed by atoms with Gasteiger partial charge in [0.15, 0.2) is 0 Å². The van der Waals surface area contributed by atoms with Crippen molar-refractivity contribution in [1.82, 2.24) is 0 Å². The van der Waals surface area contributed by atoms with Crippen LogP contribution in [0, 0.1) is 17.0 Å². The maximum Gasteiger partial charge on any atom is 0.283 e. The highest BCUT2D eigenvalue weighted by molar-refractivity contribution is 9.10. The van der Waals surface area contributed by atoms with Crippen molar-refractivity contribution in [3.63, 3.8) is 0 Å². The van der Waals surface area contributed by atoms with E-state index >= 15 is 0 Å². The van der Waals surface area contributed by atoms with Gasteiger partial charge < -0.3 is 5.32 Å². The number of halogens is 2. The summed E-state index contributed by atoms with van der Waals surface area (Å²) in [6.45, 7) is 2.41. The molecule has 0 amide bonds. The van der Waals surface area contributed by atoms with E-state index in [1.807, 2.05) is 31.2 Å². The molecule has 2 rings (SSSR count). The highest BCUT2D eigenvalue weighted by Crippen LogP contribution is 2.29. The fourth-order valence-electron chi connectivity index (χ4n) is 1.74. The fraction of sp³-hybridized carbons (Fsp3) is 0.143. The van der Waals surface area contributed by atoms with Gasteiger partial charge in [0.25, 0.3) is 5.69 Å². The van der Waals surface area contributed by atoms with Crippen LogP contribution in [0.2, 0.25) is 5.02 Å². The third kappa shape index (κ3) is 3.29. The Labute approximate surface area is 130 Å². The molecule has 0 aliphatic carbocycles. The molecule has 0 radical (unpaired) electrons. The first-order valence-electron chi connectivity index (χ1n) is 5.91. The Balaban J connectivity index is 2.17. The number of benzene rings is 2. The Morgan fingerprint density at radius 3 is 2.75 bits per heavy atom. The Kier molecular flexibility index (Phi) is 4.62. The minimum absolute atomic E-state index is 0.0613. The van der Waals surface area contributed by atoms with Gasteiger partial charge in [0.1, 0.15) is 4.47 Å². The number of nitro groups is 1. The molecule has 20 heavy (non-hydrogen) atoms. The van der Waals surface area contributed by atoms with Crippen LogP contribution in [0.3, 0.4) is 0 Å². The minimum atomic E-state index is -0.406. The molecule has 0 aliphatic heterocycles. The molecule has 0 saturated carbocycles. The summed E-state index contributed by atoms with van der Waals surface area (Å²) in [6.07, 6.45) is 0. The van der Waals surface area contributed by atoms with Gasteiger partial charge in [-0.05, 0) is 46.1 Å². The first kappa shape index (κ1) is 14.8. The molecule has 0 heterocycles. The van der Waals surface area contributed by atoms with Crippen LogP contribution in [0.25, 0.3) is 0 Å². The maximum atomic E-state index is 10.9. The van der Waals surface area contributed by atoms with Crippen molar-refractivity contribution in [2.24, 2.45) is 0 Å². The topological polar surface area (TPSA) is 55.2 Å². The smallest absolute Gasteiger partial charge is 0.283 e. The van der Waals surface area contributed by atoms with Crippen LogP contribution in [0.4, 0.5) is 11.4 Å². The Morgan fingerprint density at radius 1 is 1.35 bits per heavy atom. The number of nitrogens with one attached hydrogen (secondary N) is 1. The van der Waals surface area contributed by atoms with Gasteiger partial charge in [-0.2, -0.15) is 0 Å². The van der Waals surface area contributed by atoms with Crippen molar-refractivity contribution in [2.45, 2.75) is 13.5 Å². The van der Waals surface area contributed by atoms with E-state index in [4.69, 9.17) is 11.6 Å². The summed E-state index contributed by atoms with van der Waals surface area (Å²) in [4.78, 5) is 10.5. The van der Waals surface area contributed by atoms with Crippen LogP contribution in [-0.4, -0.2) is 4.92 Å². The van der Waals surface area contributed by atoms with Gasteiger partial charge in [0, 0.05) is 23.3 Å². The molecule has 6 heteroatoms. The van der Waals surface area contributed by atoms with Crippen molar-refractivity contribution in [3.05, 3.63) is 67.1 Å². The number of rotatable bonds is 4. The van der Waals surface area contributed by atoms with Gasteiger partial charge in [0.05, 0.1) is 4.92 Å². The number of nitro benzene ring substituents is 1. The van der Waals surface area contributed by atoms with Crippen LogP contribution < -0.4 is 5.32 Å². The second-order valence-electron chi connectivity index (χ2n) is 4.32. The second kappa shape index (κ2) is 6.24. The van der Waals surface area contributed by atoms with Gasteiger partial charge in [-0.1, -0.05) is 29.8 Å². The van der Waals surface area contributed by atoms with Gasteiger partial charge in [-0.25, -0.2) is 0 Å². The average molecular weight is 356 g/mol. The van der Waals surface area contributed by atoms with Crippen LogP contribution in [-0.2, 0) is 6.54 Å². The molecular formula is C14H12BrClN2O2. The molecular weight excluding hydrogens is 344 g/mol. The zero-order chi connectivity index (χ0) is 14.7. The standard InChI is InChI=1S/C14H12BrClN2O2/c1-9-5-6-11(7-12(9)16)17-8-10-3-2-4-13(14(10)15)18(19)20/h2-7,17H,8H2,1H3. The van der Waals surface area contributed by atoms with E-state index < -0.39 is 4.92 Å². The molecule has 0 aromatic heterocycles. The van der Waals surface area contributed by atoms with E-state index in [0.717, 1.165) is 16.8 Å². The van der Waals surface area contributed by atoms with Crippen molar-refractivity contribution in [2.75, 3.05) is 5.32 Å². The van der Waals surface area contributed by atoms with Crippen molar-refractivity contribution in [3.8, 4) is 0 Å². The first-order valence-corrected chi connectivity index (χ1v) is 7.08. The molecule has 0 atom stereocenters. The molecule has 0 saturated heterocycles. The number of aryl methyl sites for hydroxylation is 1. The lowest BCUT2D eigenvalue weighted by atomic mass is 10.2. The number of nitrogens with zero attached hydrogens (tertiary/aromatic N) is 1. The first-order chi connectivity index (χ1) is 9.49. The fourth-order valence-corrected chi connectivity index (χ4v) is 2.47. The highest BCUT2D eigenvalue weighted by Gasteiger charge is 2.14. The highest BCUT2D eigenvalue weighted by atomic mass is 79.9. The molecule has 104 valence electrons. The zero-order valence-electron chi connectivity index (χ0n) is 10.7. The van der Waals surface area contributed by atoms with Gasteiger partial charge in [-0.3, -0.25) is 10.1 Å². The van der Waals surface area contributed by atoms with Crippen LogP contribution >= 0.6 is 27.5 Å². The normalized spacial score (nSPS) is 10.3. The monoisotopic (exact) mass is 354 g/mol. The third-order valence-electron chi connectivity index (χ3n) is 2.91. The van der Waals surface area contributed by atoms with Crippen LogP contribution in [0.5, 0.6) is 0 Å². The quantitative estimate of drug-likeness (QED) is 0.625. The molecule has 0 bridgehead atoms. The Bertz CT molecular complexity index is 662. The Morgan fingerprint density at radius 2 is 2.10 bits per heavy atom. The van der Waals surface area contributed by atoms with Crippen molar-refractivity contribution in [1.29, 1.82) is 0 Å². The van der Waals surface area contributed by atoms with E-state index in [1.54, 1.807) is 6.07 Å². The predicted octanol–water partition coefficient (Wildman–Crippen LogP) is 4.93. The molecule has 0 aliphatic rings. The van der Waals surface area contributed by atoms with E-state index in [0.29, 0.717) is 16.0 Å². The summed E-state index contributed by atoms with van der Waals surface area (Å²) in [5, 5.41) is 14.8. The van der Waals surface area contributed by atoms with Crippen molar-refractivity contribution < 1.29 is 4.92 Å². The van der Waals surface area contributed by atoms with E-state index in [9.17, 15) is 10.1 Å². The largest absolute Gasteiger partial charge is 0.381 e. The van der Waals surface area contributed by atoms with E-state index in [1.165, 1.54) is 6.07 Å². The molecule has 0 fully saturated rings. The zero-order valence-corrected chi connectivity index (χ0v) is 13.0. The predicted molar refractivity (Wildman–Crippen MR) is 84.3 cm³/mol. The third-order valence-corrected chi connectivity index (χ3v) is 4.23. The molecule has 0 unspecified atom stereocenters. The number of hydrogen-bond acceptors (Lipinski definition) is 3. The summed E-state index contributed by atoms with van der Waals surface area (Å²) in [5.74, 6) is 0. The summed E-state index contributed by atoms with van der Waals surface area (Å²) in [7, 11) is 0. The minimum Gasteiger partial charge on any atom is -0.381 e. The summed E-state index contributed by atoms with van der Waals surface area (Å²) in [5.41, 5.74) is 2.76.